The van der Waals surface area contributed by atoms with E-state index in [1.165, 1.54) is 25.7 Å². The fourth-order valence-corrected chi connectivity index (χ4v) is 2.17. The molecule has 3 heteroatoms. The molecule has 1 aliphatic rings. The van der Waals surface area contributed by atoms with E-state index in [1.807, 2.05) is 12.2 Å². The normalized spacial score (nSPS) is 27.4. The van der Waals surface area contributed by atoms with Gasteiger partial charge in [-0.05, 0) is 19.3 Å². The molecule has 0 saturated carbocycles. The predicted molar refractivity (Wildman–Crippen MR) is 72.3 cm³/mol. The molecule has 18 heavy (non-hydrogen) atoms. The van der Waals surface area contributed by atoms with Crippen molar-refractivity contribution in [3.05, 3.63) is 12.2 Å². The monoisotopic (exact) mass is 254 g/mol. The second-order valence-corrected chi connectivity index (χ2v) is 5.02. The topological polar surface area (TPSA) is 46.5 Å². The second kappa shape index (κ2) is 10.1. The molecule has 0 aliphatic carbocycles. The molecule has 0 fully saturated rings. The maximum Gasteiger partial charge on any atom is 0.305 e. The minimum atomic E-state index is -0.339. The SMILES string of the molecule is O=C1CCCCCCCCC[C@H](O)/C=C/CCO1. The molecule has 0 aromatic rings. The summed E-state index contributed by atoms with van der Waals surface area (Å²) in [6.45, 7) is 0.433. The molecule has 0 radical (unpaired) electrons. The lowest BCUT2D eigenvalue weighted by Gasteiger charge is -2.07. The molecule has 3 nitrogen and oxygen atoms in total. The summed E-state index contributed by atoms with van der Waals surface area (Å²) in [5.41, 5.74) is 0. The van der Waals surface area contributed by atoms with Crippen LogP contribution in [0.5, 0.6) is 0 Å². The highest BCUT2D eigenvalue weighted by molar-refractivity contribution is 5.69. The summed E-state index contributed by atoms with van der Waals surface area (Å²) in [5, 5.41) is 9.68. The Morgan fingerprint density at radius 1 is 1.06 bits per heavy atom. The molecule has 0 amide bonds. The largest absolute Gasteiger partial charge is 0.465 e. The molecule has 0 aromatic heterocycles. The quantitative estimate of drug-likeness (QED) is 0.532. The number of hydrogen-bond donors (Lipinski definition) is 1. The molecule has 1 aliphatic heterocycles. The Morgan fingerprint density at radius 2 is 1.72 bits per heavy atom. The lowest BCUT2D eigenvalue weighted by Crippen LogP contribution is -2.06. The Hall–Kier alpha value is -0.830. The van der Waals surface area contributed by atoms with Crippen molar-refractivity contribution in [2.45, 2.75) is 70.3 Å². The minimum absolute atomic E-state index is 0.0870. The van der Waals surface area contributed by atoms with E-state index in [0.29, 0.717) is 19.4 Å². The fraction of sp³-hybridized carbons (Fsp3) is 0.800. The summed E-state index contributed by atoms with van der Waals surface area (Å²) in [6, 6.07) is 0. The molecule has 104 valence electrons. The average Bonchev–Trinajstić information content (AvgIpc) is 2.35. The number of esters is 1. The molecule has 0 saturated heterocycles. The van der Waals surface area contributed by atoms with Gasteiger partial charge in [0.05, 0.1) is 12.7 Å². The number of aliphatic hydroxyl groups excluding tert-OH is 1. The zero-order valence-corrected chi connectivity index (χ0v) is 11.3. The smallest absolute Gasteiger partial charge is 0.305 e. The molecule has 0 aromatic carbocycles. The van der Waals surface area contributed by atoms with E-state index in [1.54, 1.807) is 0 Å². The van der Waals surface area contributed by atoms with Crippen LogP contribution in [0.15, 0.2) is 12.2 Å². The van der Waals surface area contributed by atoms with Gasteiger partial charge < -0.3 is 9.84 Å². The molecule has 1 atom stereocenters. The molecule has 1 rings (SSSR count). The highest BCUT2D eigenvalue weighted by Gasteiger charge is 2.03. The van der Waals surface area contributed by atoms with Gasteiger partial charge in [0.2, 0.25) is 0 Å². The third-order valence-electron chi connectivity index (χ3n) is 3.29. The van der Waals surface area contributed by atoms with Crippen molar-refractivity contribution in [1.29, 1.82) is 0 Å². The number of hydrogen-bond acceptors (Lipinski definition) is 3. The Balaban J connectivity index is 2.28. The van der Waals surface area contributed by atoms with Crippen LogP contribution in [0.25, 0.3) is 0 Å². The lowest BCUT2D eigenvalue weighted by atomic mass is 10.1. The van der Waals surface area contributed by atoms with Gasteiger partial charge in [-0.2, -0.15) is 0 Å². The predicted octanol–water partition coefficient (Wildman–Crippen LogP) is 3.36. The van der Waals surface area contributed by atoms with Crippen LogP contribution in [0, 0.1) is 0 Å². The Kier molecular flexibility index (Phi) is 8.57. The third kappa shape index (κ3) is 8.29. The summed E-state index contributed by atoms with van der Waals surface area (Å²) in [7, 11) is 0. The van der Waals surface area contributed by atoms with Crippen LogP contribution in [-0.2, 0) is 9.53 Å². The second-order valence-electron chi connectivity index (χ2n) is 5.02. The Morgan fingerprint density at radius 3 is 2.50 bits per heavy atom. The van der Waals surface area contributed by atoms with Gasteiger partial charge in [-0.3, -0.25) is 4.79 Å². The Bertz CT molecular complexity index is 248. The zero-order valence-electron chi connectivity index (χ0n) is 11.3. The lowest BCUT2D eigenvalue weighted by molar-refractivity contribution is -0.143. The van der Waals surface area contributed by atoms with Crippen molar-refractivity contribution >= 4 is 5.97 Å². The maximum absolute atomic E-state index is 11.3. The number of ether oxygens (including phenoxy) is 1. The van der Waals surface area contributed by atoms with Crippen LogP contribution in [0.3, 0.4) is 0 Å². The molecule has 1 N–H and O–H groups in total. The van der Waals surface area contributed by atoms with Crippen molar-refractivity contribution in [1.82, 2.24) is 0 Å². The molecule has 0 bridgehead atoms. The minimum Gasteiger partial charge on any atom is -0.465 e. The van der Waals surface area contributed by atoms with Crippen LogP contribution in [0.1, 0.15) is 64.2 Å². The summed E-state index contributed by atoms with van der Waals surface area (Å²) in [5.74, 6) is -0.0870. The highest BCUT2D eigenvalue weighted by Crippen LogP contribution is 2.12. The number of carbonyl (C=O) groups is 1. The van der Waals surface area contributed by atoms with Gasteiger partial charge in [-0.25, -0.2) is 0 Å². The number of aliphatic hydroxyl groups is 1. The first-order valence-electron chi connectivity index (χ1n) is 7.29. The van der Waals surface area contributed by atoms with Gasteiger partial charge in [0.15, 0.2) is 0 Å². The molecular formula is C15H26O3. The summed E-state index contributed by atoms with van der Waals surface area (Å²) in [6.07, 6.45) is 13.5. The first-order valence-corrected chi connectivity index (χ1v) is 7.29. The number of carbonyl (C=O) groups excluding carboxylic acids is 1. The van der Waals surface area contributed by atoms with Crippen molar-refractivity contribution < 1.29 is 14.6 Å². The van der Waals surface area contributed by atoms with E-state index in [9.17, 15) is 9.90 Å². The van der Waals surface area contributed by atoms with Gasteiger partial charge in [0, 0.05) is 6.42 Å². The standard InChI is InChI=1S/C15H26O3/c16-14-10-6-4-2-1-3-5-7-12-15(17)18-13-9-8-11-14/h8,11,14,16H,1-7,9-10,12-13H2/b11-8+/t14-/m0/s1. The van der Waals surface area contributed by atoms with Crippen molar-refractivity contribution in [2.75, 3.05) is 6.61 Å². The maximum atomic E-state index is 11.3. The van der Waals surface area contributed by atoms with Crippen LogP contribution < -0.4 is 0 Å². The first-order chi connectivity index (χ1) is 8.79. The first kappa shape index (κ1) is 15.2. The van der Waals surface area contributed by atoms with Crippen LogP contribution in [-0.4, -0.2) is 23.8 Å². The van der Waals surface area contributed by atoms with E-state index in [-0.39, 0.29) is 12.1 Å². The van der Waals surface area contributed by atoms with Crippen LogP contribution in [0.4, 0.5) is 0 Å². The Labute approximate surface area is 110 Å². The van der Waals surface area contributed by atoms with Gasteiger partial charge >= 0.3 is 5.97 Å². The fourth-order valence-electron chi connectivity index (χ4n) is 2.17. The van der Waals surface area contributed by atoms with E-state index in [4.69, 9.17) is 4.74 Å². The summed E-state index contributed by atoms with van der Waals surface area (Å²) < 4.78 is 5.11. The van der Waals surface area contributed by atoms with Crippen molar-refractivity contribution in [3.63, 3.8) is 0 Å². The summed E-state index contributed by atoms with van der Waals surface area (Å²) in [4.78, 5) is 11.3. The average molecular weight is 254 g/mol. The van der Waals surface area contributed by atoms with E-state index >= 15 is 0 Å². The molecule has 1 heterocycles. The molecule has 0 spiro atoms. The van der Waals surface area contributed by atoms with Gasteiger partial charge in [0.1, 0.15) is 0 Å². The van der Waals surface area contributed by atoms with Gasteiger partial charge in [-0.1, -0.05) is 50.7 Å². The zero-order chi connectivity index (χ0) is 13.1. The summed E-state index contributed by atoms with van der Waals surface area (Å²) >= 11 is 0. The van der Waals surface area contributed by atoms with Crippen molar-refractivity contribution in [2.24, 2.45) is 0 Å². The molecule has 0 unspecified atom stereocenters. The van der Waals surface area contributed by atoms with Crippen LogP contribution >= 0.6 is 0 Å². The van der Waals surface area contributed by atoms with E-state index in [0.717, 1.165) is 25.7 Å². The molecular weight excluding hydrogens is 228 g/mol. The van der Waals surface area contributed by atoms with E-state index in [2.05, 4.69) is 0 Å². The highest BCUT2D eigenvalue weighted by atomic mass is 16.5. The van der Waals surface area contributed by atoms with Gasteiger partial charge in [0.25, 0.3) is 0 Å². The van der Waals surface area contributed by atoms with Crippen molar-refractivity contribution in [3.8, 4) is 0 Å². The van der Waals surface area contributed by atoms with Crippen LogP contribution in [0.2, 0.25) is 0 Å². The van der Waals surface area contributed by atoms with E-state index < -0.39 is 0 Å². The van der Waals surface area contributed by atoms with Gasteiger partial charge in [-0.15, -0.1) is 0 Å². The number of cyclic esters (lactones) is 1. The third-order valence-corrected chi connectivity index (χ3v) is 3.29. The number of rotatable bonds is 0.